The fourth-order valence-corrected chi connectivity index (χ4v) is 4.67. The van der Waals surface area contributed by atoms with Crippen molar-refractivity contribution in [2.24, 2.45) is 4.99 Å². The first-order valence-electron chi connectivity index (χ1n) is 10.00. The first-order valence-corrected chi connectivity index (χ1v) is 12.0. The molecule has 3 aromatic rings. The Morgan fingerprint density at radius 3 is 2.62 bits per heavy atom. The van der Waals surface area contributed by atoms with Gasteiger partial charge in [0, 0.05) is 30.4 Å². The van der Waals surface area contributed by atoms with Gasteiger partial charge in [0.05, 0.1) is 27.8 Å². The highest BCUT2D eigenvalue weighted by molar-refractivity contribution is 7.13. The summed E-state index contributed by atoms with van der Waals surface area (Å²) in [6.45, 7) is 1.61. The standard InChI is InChI=1S/C22H18Cl3N5O3S/c1-30(22-26-6-7-33-22)10-12-11-34-19(18(12)25)21(32)28-16-4-2-13(23)8-15(16)20(31)29-17-5-3-14(24)9-27-17/h2-5,8-9,11H,6-7,10H2,1H3,(H,28,32)(H,27,29,31). The number of halogens is 3. The smallest absolute Gasteiger partial charge is 0.287 e. The van der Waals surface area contributed by atoms with Crippen molar-refractivity contribution in [2.45, 2.75) is 6.54 Å². The zero-order valence-electron chi connectivity index (χ0n) is 17.8. The van der Waals surface area contributed by atoms with E-state index >= 15 is 0 Å². The van der Waals surface area contributed by atoms with Crippen molar-refractivity contribution in [2.75, 3.05) is 30.8 Å². The van der Waals surface area contributed by atoms with Gasteiger partial charge in [0.2, 0.25) is 0 Å². The summed E-state index contributed by atoms with van der Waals surface area (Å²) in [6.07, 6.45) is 1.41. The summed E-state index contributed by atoms with van der Waals surface area (Å²) < 4.78 is 5.45. The van der Waals surface area contributed by atoms with E-state index in [4.69, 9.17) is 39.5 Å². The Bertz CT molecular complexity index is 1260. The monoisotopic (exact) mass is 537 g/mol. The van der Waals surface area contributed by atoms with Crippen LogP contribution in [0.2, 0.25) is 15.1 Å². The summed E-state index contributed by atoms with van der Waals surface area (Å²) in [6, 6.07) is 8.30. The summed E-state index contributed by atoms with van der Waals surface area (Å²) in [4.78, 5) is 36.3. The number of nitrogens with one attached hydrogen (secondary N) is 2. The molecule has 0 saturated carbocycles. The van der Waals surface area contributed by atoms with Crippen molar-refractivity contribution in [1.29, 1.82) is 0 Å². The molecule has 0 aliphatic carbocycles. The molecular weight excluding hydrogens is 521 g/mol. The molecular formula is C22H18Cl3N5O3S. The molecule has 3 heterocycles. The third kappa shape index (κ3) is 5.61. The van der Waals surface area contributed by atoms with Crippen LogP contribution in [-0.2, 0) is 11.3 Å². The first-order chi connectivity index (χ1) is 16.3. The van der Waals surface area contributed by atoms with Gasteiger partial charge in [0.25, 0.3) is 17.8 Å². The first kappa shape index (κ1) is 24.3. The van der Waals surface area contributed by atoms with Crippen LogP contribution in [0.25, 0.3) is 0 Å². The fraction of sp³-hybridized carbons (Fsp3) is 0.182. The quantitative estimate of drug-likeness (QED) is 0.437. The number of benzene rings is 1. The summed E-state index contributed by atoms with van der Waals surface area (Å²) >= 11 is 19.7. The lowest BCUT2D eigenvalue weighted by molar-refractivity contribution is 0.102. The number of aromatic nitrogens is 1. The van der Waals surface area contributed by atoms with E-state index in [-0.39, 0.29) is 11.3 Å². The third-order valence-corrected chi connectivity index (χ3v) is 6.78. The minimum Gasteiger partial charge on any atom is -0.463 e. The molecule has 34 heavy (non-hydrogen) atoms. The van der Waals surface area contributed by atoms with Crippen molar-refractivity contribution in [3.8, 4) is 0 Å². The number of rotatable bonds is 6. The Morgan fingerprint density at radius 2 is 1.91 bits per heavy atom. The second-order valence-electron chi connectivity index (χ2n) is 7.23. The molecule has 1 aromatic carbocycles. The SMILES string of the molecule is CN(Cc1csc(C(=O)Nc2ccc(Cl)cc2C(=O)Nc2ccc(Cl)cn2)c1Cl)C1=NCCO1. The lowest BCUT2D eigenvalue weighted by Gasteiger charge is -2.17. The average Bonchev–Trinajstić information content (AvgIpc) is 3.47. The minimum atomic E-state index is -0.496. The predicted octanol–water partition coefficient (Wildman–Crippen LogP) is 5.43. The maximum Gasteiger partial charge on any atom is 0.287 e. The van der Waals surface area contributed by atoms with Crippen LogP contribution in [-0.4, -0.2) is 47.9 Å². The molecule has 0 saturated heterocycles. The Morgan fingerprint density at radius 1 is 1.12 bits per heavy atom. The molecule has 4 rings (SSSR count). The Labute approximate surface area is 214 Å². The van der Waals surface area contributed by atoms with Crippen LogP contribution < -0.4 is 10.6 Å². The summed E-state index contributed by atoms with van der Waals surface area (Å²) in [5, 5.41) is 8.34. The molecule has 1 aliphatic heterocycles. The number of carbonyl (C=O) groups excluding carboxylic acids is 2. The molecule has 176 valence electrons. The van der Waals surface area contributed by atoms with Crippen molar-refractivity contribution in [3.05, 3.63) is 73.0 Å². The van der Waals surface area contributed by atoms with Crippen LogP contribution in [0.4, 0.5) is 11.5 Å². The van der Waals surface area contributed by atoms with Gasteiger partial charge in [-0.15, -0.1) is 11.3 Å². The van der Waals surface area contributed by atoms with Crippen LogP contribution in [0.15, 0.2) is 46.9 Å². The van der Waals surface area contributed by atoms with E-state index in [0.717, 1.165) is 5.56 Å². The fourth-order valence-electron chi connectivity index (χ4n) is 3.14. The van der Waals surface area contributed by atoms with Gasteiger partial charge >= 0.3 is 0 Å². The Hall–Kier alpha value is -2.85. The molecule has 2 N–H and O–H groups in total. The Kier molecular flexibility index (Phi) is 7.57. The van der Waals surface area contributed by atoms with E-state index in [1.807, 2.05) is 17.3 Å². The number of amidine groups is 1. The molecule has 2 aromatic heterocycles. The topological polar surface area (TPSA) is 95.9 Å². The minimum absolute atomic E-state index is 0.168. The molecule has 8 nitrogen and oxygen atoms in total. The molecule has 0 atom stereocenters. The van der Waals surface area contributed by atoms with Gasteiger partial charge in [-0.25, -0.2) is 9.98 Å². The van der Waals surface area contributed by atoms with Crippen LogP contribution in [0.3, 0.4) is 0 Å². The number of anilines is 2. The van der Waals surface area contributed by atoms with E-state index in [1.165, 1.54) is 23.6 Å². The second kappa shape index (κ2) is 10.6. The molecule has 2 amide bonds. The van der Waals surface area contributed by atoms with Gasteiger partial charge in [0.15, 0.2) is 0 Å². The number of carbonyl (C=O) groups is 2. The van der Waals surface area contributed by atoms with E-state index in [2.05, 4.69) is 20.6 Å². The number of hydrogen-bond acceptors (Lipinski definition) is 7. The number of ether oxygens (including phenoxy) is 1. The normalized spacial score (nSPS) is 12.6. The van der Waals surface area contributed by atoms with Crippen molar-refractivity contribution >= 4 is 75.5 Å². The van der Waals surface area contributed by atoms with E-state index in [0.29, 0.717) is 51.5 Å². The molecule has 0 radical (unpaired) electrons. The van der Waals surface area contributed by atoms with Crippen molar-refractivity contribution in [3.63, 3.8) is 0 Å². The summed E-state index contributed by atoms with van der Waals surface area (Å²) in [5.74, 6) is -0.638. The molecule has 0 spiro atoms. The average molecular weight is 539 g/mol. The number of amides is 2. The van der Waals surface area contributed by atoms with Crippen LogP contribution in [0.5, 0.6) is 0 Å². The number of thiophene rings is 1. The van der Waals surface area contributed by atoms with Crippen molar-refractivity contribution in [1.82, 2.24) is 9.88 Å². The van der Waals surface area contributed by atoms with Crippen molar-refractivity contribution < 1.29 is 14.3 Å². The van der Waals surface area contributed by atoms with E-state index in [1.54, 1.807) is 24.3 Å². The lowest BCUT2D eigenvalue weighted by Crippen LogP contribution is -2.26. The highest BCUT2D eigenvalue weighted by Gasteiger charge is 2.22. The van der Waals surface area contributed by atoms with E-state index < -0.39 is 11.8 Å². The van der Waals surface area contributed by atoms with Crippen LogP contribution in [0, 0.1) is 0 Å². The molecule has 0 bridgehead atoms. The predicted molar refractivity (Wildman–Crippen MR) is 136 cm³/mol. The zero-order valence-corrected chi connectivity index (χ0v) is 20.9. The molecule has 0 fully saturated rings. The zero-order chi connectivity index (χ0) is 24.2. The van der Waals surface area contributed by atoms with Gasteiger partial charge in [-0.1, -0.05) is 34.8 Å². The van der Waals surface area contributed by atoms with Crippen LogP contribution >= 0.6 is 46.1 Å². The molecule has 1 aliphatic rings. The second-order valence-corrected chi connectivity index (χ2v) is 9.36. The van der Waals surface area contributed by atoms with Gasteiger partial charge in [-0.2, -0.15) is 0 Å². The number of pyridine rings is 1. The van der Waals surface area contributed by atoms with Gasteiger partial charge in [-0.3, -0.25) is 9.59 Å². The summed E-state index contributed by atoms with van der Waals surface area (Å²) in [5.41, 5.74) is 1.21. The summed E-state index contributed by atoms with van der Waals surface area (Å²) in [7, 11) is 1.84. The van der Waals surface area contributed by atoms with Gasteiger partial charge < -0.3 is 20.3 Å². The van der Waals surface area contributed by atoms with Gasteiger partial charge in [0.1, 0.15) is 17.3 Å². The maximum atomic E-state index is 13.0. The van der Waals surface area contributed by atoms with E-state index in [9.17, 15) is 9.59 Å². The highest BCUT2D eigenvalue weighted by Crippen LogP contribution is 2.31. The third-order valence-electron chi connectivity index (χ3n) is 4.75. The van der Waals surface area contributed by atoms with Crippen LogP contribution in [0.1, 0.15) is 25.6 Å². The lowest BCUT2D eigenvalue weighted by atomic mass is 10.1. The number of nitrogens with zero attached hydrogens (tertiary/aromatic N) is 3. The number of hydrogen-bond donors (Lipinski definition) is 2. The molecule has 0 unspecified atom stereocenters. The highest BCUT2D eigenvalue weighted by atomic mass is 35.5. The molecule has 12 heteroatoms. The maximum absolute atomic E-state index is 13.0. The number of aliphatic imine (C=N–C) groups is 1. The van der Waals surface area contributed by atoms with Gasteiger partial charge in [-0.05, 0) is 35.7 Å². The largest absolute Gasteiger partial charge is 0.463 e. The Balaban J connectivity index is 1.50.